The Labute approximate surface area is 98.0 Å². The highest BCUT2D eigenvalue weighted by Gasteiger charge is 2.11. The summed E-state index contributed by atoms with van der Waals surface area (Å²) in [4.78, 5) is 15.8. The Bertz CT molecular complexity index is 540. The maximum Gasteiger partial charge on any atom is 0.338 e. The zero-order valence-corrected chi connectivity index (χ0v) is 9.49. The van der Waals surface area contributed by atoms with Crippen LogP contribution in [0.15, 0.2) is 30.5 Å². The van der Waals surface area contributed by atoms with Gasteiger partial charge in [-0.25, -0.2) is 4.79 Å². The van der Waals surface area contributed by atoms with Crippen molar-refractivity contribution in [3.8, 4) is 0 Å². The SMILES string of the molecule is CCOC(=O)c1ccnc2ccc(Cl)cc12. The zero-order valence-electron chi connectivity index (χ0n) is 8.74. The van der Waals surface area contributed by atoms with Gasteiger partial charge in [0, 0.05) is 16.6 Å². The first-order valence-corrected chi connectivity index (χ1v) is 5.31. The minimum atomic E-state index is -0.350. The average Bonchev–Trinajstić information content (AvgIpc) is 2.28. The minimum Gasteiger partial charge on any atom is -0.462 e. The molecule has 16 heavy (non-hydrogen) atoms. The number of carbonyl (C=O) groups excluding carboxylic acids is 1. The van der Waals surface area contributed by atoms with Gasteiger partial charge in [0.25, 0.3) is 0 Å². The van der Waals surface area contributed by atoms with E-state index in [1.807, 2.05) is 0 Å². The van der Waals surface area contributed by atoms with Crippen molar-refractivity contribution in [2.75, 3.05) is 6.61 Å². The van der Waals surface area contributed by atoms with E-state index in [4.69, 9.17) is 16.3 Å². The fraction of sp³-hybridized carbons (Fsp3) is 0.167. The Hall–Kier alpha value is -1.61. The monoisotopic (exact) mass is 235 g/mol. The van der Waals surface area contributed by atoms with Gasteiger partial charge in [0.2, 0.25) is 0 Å². The van der Waals surface area contributed by atoms with Crippen LogP contribution in [0, 0.1) is 0 Å². The van der Waals surface area contributed by atoms with E-state index >= 15 is 0 Å². The third kappa shape index (κ3) is 1.99. The van der Waals surface area contributed by atoms with Gasteiger partial charge in [0.15, 0.2) is 0 Å². The first kappa shape index (κ1) is 10.9. The molecule has 4 heteroatoms. The predicted octanol–water partition coefficient (Wildman–Crippen LogP) is 3.06. The van der Waals surface area contributed by atoms with Crippen LogP contribution in [-0.4, -0.2) is 17.6 Å². The van der Waals surface area contributed by atoms with Crippen LogP contribution in [0.4, 0.5) is 0 Å². The van der Waals surface area contributed by atoms with Crippen LogP contribution < -0.4 is 0 Å². The maximum atomic E-state index is 11.7. The number of esters is 1. The molecule has 0 fully saturated rings. The van der Waals surface area contributed by atoms with Gasteiger partial charge in [0.05, 0.1) is 17.7 Å². The molecule has 1 aromatic heterocycles. The molecule has 1 heterocycles. The number of fused-ring (bicyclic) bond motifs is 1. The summed E-state index contributed by atoms with van der Waals surface area (Å²) in [5.74, 6) is -0.350. The Morgan fingerprint density at radius 2 is 2.25 bits per heavy atom. The summed E-state index contributed by atoms with van der Waals surface area (Å²) >= 11 is 5.89. The molecule has 0 saturated carbocycles. The molecule has 0 radical (unpaired) electrons. The van der Waals surface area contributed by atoms with E-state index < -0.39 is 0 Å². The average molecular weight is 236 g/mol. The van der Waals surface area contributed by atoms with E-state index in [1.54, 1.807) is 37.4 Å². The van der Waals surface area contributed by atoms with Crippen LogP contribution in [-0.2, 0) is 4.74 Å². The normalized spacial score (nSPS) is 10.4. The van der Waals surface area contributed by atoms with Crippen LogP contribution in [0.2, 0.25) is 5.02 Å². The van der Waals surface area contributed by atoms with Gasteiger partial charge in [-0.05, 0) is 31.2 Å². The summed E-state index contributed by atoms with van der Waals surface area (Å²) in [5.41, 5.74) is 1.23. The summed E-state index contributed by atoms with van der Waals surface area (Å²) in [7, 11) is 0. The van der Waals surface area contributed by atoms with E-state index in [0.29, 0.717) is 22.6 Å². The quantitative estimate of drug-likeness (QED) is 0.751. The molecule has 0 N–H and O–H groups in total. The van der Waals surface area contributed by atoms with Gasteiger partial charge in [-0.15, -0.1) is 0 Å². The summed E-state index contributed by atoms with van der Waals surface area (Å²) in [6.07, 6.45) is 1.59. The first-order valence-electron chi connectivity index (χ1n) is 4.93. The topological polar surface area (TPSA) is 39.2 Å². The lowest BCUT2D eigenvalue weighted by molar-refractivity contribution is 0.0528. The van der Waals surface area contributed by atoms with Crippen LogP contribution in [0.5, 0.6) is 0 Å². The van der Waals surface area contributed by atoms with Crippen molar-refractivity contribution >= 4 is 28.5 Å². The molecular weight excluding hydrogens is 226 g/mol. The van der Waals surface area contributed by atoms with Gasteiger partial charge in [-0.2, -0.15) is 0 Å². The van der Waals surface area contributed by atoms with Gasteiger partial charge in [0.1, 0.15) is 0 Å². The van der Waals surface area contributed by atoms with Crippen LogP contribution in [0.3, 0.4) is 0 Å². The third-order valence-corrected chi connectivity index (χ3v) is 2.43. The van der Waals surface area contributed by atoms with Gasteiger partial charge >= 0.3 is 5.97 Å². The van der Waals surface area contributed by atoms with Crippen molar-refractivity contribution < 1.29 is 9.53 Å². The summed E-state index contributed by atoms with van der Waals surface area (Å²) < 4.78 is 4.97. The number of carbonyl (C=O) groups is 1. The van der Waals surface area contributed by atoms with E-state index in [0.717, 1.165) is 5.52 Å². The molecule has 0 bridgehead atoms. The Kier molecular flexibility index (Phi) is 3.06. The molecule has 0 aliphatic carbocycles. The summed E-state index contributed by atoms with van der Waals surface area (Å²) in [6, 6.07) is 6.87. The number of aromatic nitrogens is 1. The third-order valence-electron chi connectivity index (χ3n) is 2.20. The number of hydrogen-bond donors (Lipinski definition) is 0. The smallest absolute Gasteiger partial charge is 0.338 e. The molecule has 2 rings (SSSR count). The summed E-state index contributed by atoms with van der Waals surface area (Å²) in [6.45, 7) is 2.12. The van der Waals surface area contributed by atoms with Crippen LogP contribution >= 0.6 is 11.6 Å². The molecule has 0 saturated heterocycles. The number of benzene rings is 1. The van der Waals surface area contributed by atoms with Crippen molar-refractivity contribution in [2.24, 2.45) is 0 Å². The number of hydrogen-bond acceptors (Lipinski definition) is 3. The first-order chi connectivity index (χ1) is 7.72. The van der Waals surface area contributed by atoms with Crippen LogP contribution in [0.1, 0.15) is 17.3 Å². The second-order valence-corrected chi connectivity index (χ2v) is 3.68. The van der Waals surface area contributed by atoms with Gasteiger partial charge in [-0.3, -0.25) is 4.98 Å². The largest absolute Gasteiger partial charge is 0.462 e. The lowest BCUT2D eigenvalue weighted by Gasteiger charge is -2.05. The van der Waals surface area contributed by atoms with E-state index in [2.05, 4.69) is 4.98 Å². The van der Waals surface area contributed by atoms with Gasteiger partial charge in [-0.1, -0.05) is 11.6 Å². The number of halogens is 1. The highest BCUT2D eigenvalue weighted by Crippen LogP contribution is 2.21. The zero-order chi connectivity index (χ0) is 11.5. The van der Waals surface area contributed by atoms with E-state index in [-0.39, 0.29) is 5.97 Å². The lowest BCUT2D eigenvalue weighted by Crippen LogP contribution is -2.05. The second-order valence-electron chi connectivity index (χ2n) is 3.24. The molecule has 0 spiro atoms. The highest BCUT2D eigenvalue weighted by molar-refractivity contribution is 6.31. The van der Waals surface area contributed by atoms with Crippen molar-refractivity contribution in [2.45, 2.75) is 6.92 Å². The number of ether oxygens (including phenoxy) is 1. The second kappa shape index (κ2) is 4.49. The molecule has 0 aliphatic heterocycles. The Morgan fingerprint density at radius 1 is 1.44 bits per heavy atom. The van der Waals surface area contributed by atoms with Crippen LogP contribution in [0.25, 0.3) is 10.9 Å². The van der Waals surface area contributed by atoms with E-state index in [9.17, 15) is 4.79 Å². The number of pyridine rings is 1. The summed E-state index contributed by atoms with van der Waals surface area (Å²) in [5, 5.41) is 1.29. The van der Waals surface area contributed by atoms with Crippen molar-refractivity contribution in [1.82, 2.24) is 4.98 Å². The van der Waals surface area contributed by atoms with Crippen molar-refractivity contribution in [3.63, 3.8) is 0 Å². The molecule has 2 aromatic rings. The molecule has 1 aromatic carbocycles. The minimum absolute atomic E-state index is 0.350. The highest BCUT2D eigenvalue weighted by atomic mass is 35.5. The fourth-order valence-corrected chi connectivity index (χ4v) is 1.68. The van der Waals surface area contributed by atoms with Crippen molar-refractivity contribution in [1.29, 1.82) is 0 Å². The fourth-order valence-electron chi connectivity index (χ4n) is 1.51. The molecule has 0 amide bonds. The molecular formula is C12H10ClNO2. The molecule has 0 unspecified atom stereocenters. The number of nitrogens with zero attached hydrogens (tertiary/aromatic N) is 1. The Balaban J connectivity index is 2.60. The molecule has 82 valence electrons. The maximum absolute atomic E-state index is 11.7. The molecule has 0 aliphatic rings. The lowest BCUT2D eigenvalue weighted by atomic mass is 10.1. The van der Waals surface area contributed by atoms with Gasteiger partial charge < -0.3 is 4.74 Å². The predicted molar refractivity (Wildman–Crippen MR) is 62.7 cm³/mol. The molecule has 3 nitrogen and oxygen atoms in total. The molecule has 0 atom stereocenters. The van der Waals surface area contributed by atoms with E-state index in [1.165, 1.54) is 0 Å². The Morgan fingerprint density at radius 3 is 3.00 bits per heavy atom. The van der Waals surface area contributed by atoms with Crippen molar-refractivity contribution in [3.05, 3.63) is 41.0 Å². The standard InChI is InChI=1S/C12H10ClNO2/c1-2-16-12(15)9-5-6-14-11-4-3-8(13)7-10(9)11/h3-7H,2H2,1H3. The number of rotatable bonds is 2.